The molecule has 0 aliphatic rings. The number of aromatic hydroxyl groups is 3. The normalized spacial score (nSPS) is 12.1. The molecule has 3 heteroatoms. The molecule has 186 valence electrons. The lowest BCUT2D eigenvalue weighted by Gasteiger charge is -2.37. The van der Waals surface area contributed by atoms with Crippen molar-refractivity contribution in [2.24, 2.45) is 0 Å². The van der Waals surface area contributed by atoms with Gasteiger partial charge in [-0.1, -0.05) is 50.2 Å². The lowest BCUT2D eigenvalue weighted by atomic mass is 9.65. The number of aryl methyl sites for hydroxylation is 4. The highest BCUT2D eigenvalue weighted by molar-refractivity contribution is 5.61. The van der Waals surface area contributed by atoms with Gasteiger partial charge in [-0.3, -0.25) is 0 Å². The van der Waals surface area contributed by atoms with Crippen LogP contribution >= 0.6 is 0 Å². The smallest absolute Gasteiger partial charge is 0.116 e. The Kier molecular flexibility index (Phi) is 6.38. The SMILES string of the molecule is Cc1cc(O)cc(C)c1C(C)(c1ccc(C(C)(C)c2ccc(O)cc2)cc1)c1c(C)cc(O)cc1C. The van der Waals surface area contributed by atoms with Gasteiger partial charge in [0.25, 0.3) is 0 Å². The largest absolute Gasteiger partial charge is 0.508 e. The molecule has 3 nitrogen and oxygen atoms in total. The molecule has 4 aromatic rings. The zero-order chi connectivity index (χ0) is 26.4. The summed E-state index contributed by atoms with van der Waals surface area (Å²) in [5.41, 5.74) is 9.11. The van der Waals surface area contributed by atoms with E-state index in [4.69, 9.17) is 0 Å². The second-order valence-electron chi connectivity index (χ2n) is 10.8. The van der Waals surface area contributed by atoms with Crippen molar-refractivity contribution in [3.63, 3.8) is 0 Å². The van der Waals surface area contributed by atoms with Gasteiger partial charge in [0.2, 0.25) is 0 Å². The number of hydrogen-bond donors (Lipinski definition) is 3. The zero-order valence-electron chi connectivity index (χ0n) is 22.3. The third kappa shape index (κ3) is 4.24. The maximum Gasteiger partial charge on any atom is 0.116 e. The number of rotatable bonds is 5. The molecule has 0 radical (unpaired) electrons. The Morgan fingerprint density at radius 1 is 0.444 bits per heavy atom. The van der Waals surface area contributed by atoms with Gasteiger partial charge in [0.15, 0.2) is 0 Å². The van der Waals surface area contributed by atoms with Crippen molar-refractivity contribution in [2.45, 2.75) is 59.3 Å². The average molecular weight is 481 g/mol. The van der Waals surface area contributed by atoms with E-state index in [0.717, 1.165) is 44.5 Å². The first-order valence-electron chi connectivity index (χ1n) is 12.4. The van der Waals surface area contributed by atoms with Crippen molar-refractivity contribution < 1.29 is 15.3 Å². The number of phenolic OH excluding ortho intramolecular Hbond substituents is 3. The van der Waals surface area contributed by atoms with Crippen LogP contribution in [0.5, 0.6) is 17.2 Å². The summed E-state index contributed by atoms with van der Waals surface area (Å²) in [4.78, 5) is 0. The highest BCUT2D eigenvalue weighted by Crippen LogP contribution is 2.46. The quantitative estimate of drug-likeness (QED) is 0.256. The molecule has 36 heavy (non-hydrogen) atoms. The molecule has 0 bridgehead atoms. The molecule has 0 heterocycles. The van der Waals surface area contributed by atoms with Crippen LogP contribution in [0.4, 0.5) is 0 Å². The van der Waals surface area contributed by atoms with Crippen LogP contribution in [0.3, 0.4) is 0 Å². The maximum absolute atomic E-state index is 10.3. The van der Waals surface area contributed by atoms with Gasteiger partial charge in [-0.25, -0.2) is 0 Å². The van der Waals surface area contributed by atoms with Gasteiger partial charge in [-0.05, 0) is 121 Å². The van der Waals surface area contributed by atoms with Gasteiger partial charge in [-0.2, -0.15) is 0 Å². The molecule has 0 aliphatic carbocycles. The minimum atomic E-state index is -0.509. The molecule has 3 N–H and O–H groups in total. The average Bonchev–Trinajstić information content (AvgIpc) is 2.78. The third-order valence-corrected chi connectivity index (χ3v) is 7.81. The molecule has 4 rings (SSSR count). The standard InChI is InChI=1S/C33H36O3/c1-20-16-28(35)17-21(2)30(20)33(7,31-22(3)18-29(36)19-23(31)4)26-10-8-24(9-11-26)32(5,6)25-12-14-27(34)15-13-25/h8-19,34-36H,1-7H3. The summed E-state index contributed by atoms with van der Waals surface area (Å²) in [5, 5.41) is 30.3. The van der Waals surface area contributed by atoms with Crippen molar-refractivity contribution >= 4 is 0 Å². The van der Waals surface area contributed by atoms with E-state index in [9.17, 15) is 15.3 Å². The number of hydrogen-bond acceptors (Lipinski definition) is 3. The second kappa shape index (κ2) is 9.05. The lowest BCUT2D eigenvalue weighted by Crippen LogP contribution is -2.30. The van der Waals surface area contributed by atoms with E-state index in [1.807, 2.05) is 64.1 Å². The highest BCUT2D eigenvalue weighted by atomic mass is 16.3. The lowest BCUT2D eigenvalue weighted by molar-refractivity contribution is 0.472. The predicted molar refractivity (Wildman–Crippen MR) is 147 cm³/mol. The Morgan fingerprint density at radius 2 is 0.750 bits per heavy atom. The monoisotopic (exact) mass is 480 g/mol. The fraction of sp³-hybridized carbons (Fsp3) is 0.273. The molecule has 0 atom stereocenters. The van der Waals surface area contributed by atoms with E-state index in [1.165, 1.54) is 5.56 Å². The Morgan fingerprint density at radius 3 is 1.11 bits per heavy atom. The van der Waals surface area contributed by atoms with Crippen molar-refractivity contribution in [1.29, 1.82) is 0 Å². The molecule has 0 aliphatic heterocycles. The van der Waals surface area contributed by atoms with Crippen molar-refractivity contribution in [3.8, 4) is 17.2 Å². The topological polar surface area (TPSA) is 60.7 Å². The maximum atomic E-state index is 10.3. The molecule has 0 fully saturated rings. The molecular formula is C33H36O3. The fourth-order valence-electron chi connectivity index (χ4n) is 6.14. The minimum absolute atomic E-state index is 0.239. The summed E-state index contributed by atoms with van der Waals surface area (Å²) in [5.74, 6) is 0.794. The van der Waals surface area contributed by atoms with E-state index in [2.05, 4.69) is 45.0 Å². The van der Waals surface area contributed by atoms with Crippen LogP contribution in [0.25, 0.3) is 0 Å². The van der Waals surface area contributed by atoms with Crippen LogP contribution in [-0.4, -0.2) is 15.3 Å². The molecule has 4 aromatic carbocycles. The van der Waals surface area contributed by atoms with Gasteiger partial charge in [0, 0.05) is 10.8 Å². The third-order valence-electron chi connectivity index (χ3n) is 7.81. The molecule has 0 spiro atoms. The van der Waals surface area contributed by atoms with E-state index < -0.39 is 5.41 Å². The molecule has 0 saturated carbocycles. The molecular weight excluding hydrogens is 444 g/mol. The molecule has 0 unspecified atom stereocenters. The first-order chi connectivity index (χ1) is 16.9. The Bertz CT molecular complexity index is 1310. The fourth-order valence-corrected chi connectivity index (χ4v) is 6.14. The van der Waals surface area contributed by atoms with Crippen LogP contribution in [0.2, 0.25) is 0 Å². The van der Waals surface area contributed by atoms with Gasteiger partial charge in [0.1, 0.15) is 17.2 Å². The summed E-state index contributed by atoms with van der Waals surface area (Å²) in [7, 11) is 0. The van der Waals surface area contributed by atoms with Crippen molar-refractivity contribution in [1.82, 2.24) is 0 Å². The second-order valence-corrected chi connectivity index (χ2v) is 10.8. The summed E-state index contributed by atoms with van der Waals surface area (Å²) in [6.07, 6.45) is 0. The van der Waals surface area contributed by atoms with Gasteiger partial charge < -0.3 is 15.3 Å². The summed E-state index contributed by atoms with van der Waals surface area (Å²) >= 11 is 0. The predicted octanol–water partition coefficient (Wildman–Crippen LogP) is 7.72. The summed E-state index contributed by atoms with van der Waals surface area (Å²) in [6, 6.07) is 23.5. The van der Waals surface area contributed by atoms with Crippen LogP contribution in [0, 0.1) is 27.7 Å². The molecule has 0 aromatic heterocycles. The highest BCUT2D eigenvalue weighted by Gasteiger charge is 2.37. The first kappa shape index (κ1) is 25.4. The van der Waals surface area contributed by atoms with Crippen molar-refractivity contribution in [2.75, 3.05) is 0 Å². The number of benzene rings is 4. The number of phenols is 3. The van der Waals surface area contributed by atoms with Crippen LogP contribution in [-0.2, 0) is 10.8 Å². The van der Waals surface area contributed by atoms with Crippen LogP contribution in [0.1, 0.15) is 70.8 Å². The van der Waals surface area contributed by atoms with Gasteiger partial charge >= 0.3 is 0 Å². The molecule has 0 saturated heterocycles. The van der Waals surface area contributed by atoms with E-state index in [1.54, 1.807) is 12.1 Å². The Balaban J connectivity index is 1.94. The van der Waals surface area contributed by atoms with Gasteiger partial charge in [-0.15, -0.1) is 0 Å². The Labute approximate surface area is 214 Å². The first-order valence-corrected chi connectivity index (χ1v) is 12.4. The Hall–Kier alpha value is -3.72. The van der Waals surface area contributed by atoms with E-state index in [0.29, 0.717) is 0 Å². The summed E-state index contributed by atoms with van der Waals surface area (Å²) in [6.45, 7) is 14.8. The van der Waals surface area contributed by atoms with Gasteiger partial charge in [0.05, 0.1) is 0 Å². The van der Waals surface area contributed by atoms with Crippen LogP contribution < -0.4 is 0 Å². The van der Waals surface area contributed by atoms with E-state index in [-0.39, 0.29) is 22.7 Å². The summed E-state index contributed by atoms with van der Waals surface area (Å²) < 4.78 is 0. The zero-order valence-corrected chi connectivity index (χ0v) is 22.3. The van der Waals surface area contributed by atoms with Crippen molar-refractivity contribution in [3.05, 3.63) is 123 Å². The van der Waals surface area contributed by atoms with Crippen LogP contribution in [0.15, 0.2) is 72.8 Å². The molecule has 0 amide bonds. The van der Waals surface area contributed by atoms with E-state index >= 15 is 0 Å². The minimum Gasteiger partial charge on any atom is -0.508 e.